The van der Waals surface area contributed by atoms with Crippen molar-refractivity contribution in [1.29, 1.82) is 0 Å². The highest BCUT2D eigenvalue weighted by Gasteiger charge is 2.21. The Kier molecular flexibility index (Phi) is 2.41. The molecule has 0 saturated heterocycles. The highest BCUT2D eigenvalue weighted by molar-refractivity contribution is 7.98. The number of thioether (sulfide) groups is 1. The van der Waals surface area contributed by atoms with Crippen LogP contribution in [0.4, 0.5) is 4.39 Å². The van der Waals surface area contributed by atoms with E-state index in [0.717, 1.165) is 28.5 Å². The van der Waals surface area contributed by atoms with Crippen molar-refractivity contribution in [2.45, 2.75) is 11.5 Å². The van der Waals surface area contributed by atoms with E-state index in [9.17, 15) is 4.39 Å². The maximum absolute atomic E-state index is 12.8. The number of benzene rings is 1. The summed E-state index contributed by atoms with van der Waals surface area (Å²) in [7, 11) is 0. The van der Waals surface area contributed by atoms with Crippen molar-refractivity contribution in [3.63, 3.8) is 0 Å². The molecule has 0 spiro atoms. The lowest BCUT2D eigenvalue weighted by Crippen LogP contribution is -1.97. The normalized spacial score (nSPS) is 14.1. The Morgan fingerprint density at radius 2 is 2.00 bits per heavy atom. The van der Waals surface area contributed by atoms with Gasteiger partial charge in [0.1, 0.15) is 11.0 Å². The molecule has 0 fully saturated rings. The van der Waals surface area contributed by atoms with Crippen molar-refractivity contribution in [2.24, 2.45) is 0 Å². The third-order valence-electron chi connectivity index (χ3n) is 2.56. The summed E-state index contributed by atoms with van der Waals surface area (Å²) in [6.07, 6.45) is 0. The molecule has 0 bridgehead atoms. The average Bonchev–Trinajstić information content (AvgIpc) is 2.84. The van der Waals surface area contributed by atoms with Crippen LogP contribution in [-0.4, -0.2) is 9.78 Å². The average molecular weight is 255 g/mol. The fourth-order valence-electron chi connectivity index (χ4n) is 1.73. The van der Waals surface area contributed by atoms with E-state index in [-0.39, 0.29) is 5.82 Å². The van der Waals surface area contributed by atoms with Gasteiger partial charge in [0.25, 0.3) is 0 Å². The number of nitrogens with zero attached hydrogens (tertiary/aromatic N) is 2. The quantitative estimate of drug-likeness (QED) is 0.776. The van der Waals surface area contributed by atoms with Crippen molar-refractivity contribution < 1.29 is 4.39 Å². The van der Waals surface area contributed by atoms with Gasteiger partial charge in [-0.3, -0.25) is 0 Å². The number of hydrogen-bond acceptors (Lipinski definition) is 2. The van der Waals surface area contributed by atoms with E-state index in [2.05, 4.69) is 5.10 Å². The Morgan fingerprint density at radius 3 is 2.69 bits per heavy atom. The topological polar surface area (TPSA) is 17.8 Å². The first-order valence-electron chi connectivity index (χ1n) is 4.85. The molecule has 0 aliphatic carbocycles. The predicted octanol–water partition coefficient (Wildman–Crippen LogP) is 3.41. The van der Waals surface area contributed by atoms with Gasteiger partial charge >= 0.3 is 0 Å². The number of fused-ring (bicyclic) bond motifs is 1. The maximum Gasteiger partial charge on any atom is 0.137 e. The lowest BCUT2D eigenvalue weighted by atomic mass is 10.3. The highest BCUT2D eigenvalue weighted by atomic mass is 35.5. The summed E-state index contributed by atoms with van der Waals surface area (Å²) in [5.41, 5.74) is 2.95. The first kappa shape index (κ1) is 10.2. The first-order chi connectivity index (χ1) is 7.75. The van der Waals surface area contributed by atoms with Crippen molar-refractivity contribution in [1.82, 2.24) is 9.78 Å². The van der Waals surface area contributed by atoms with Crippen LogP contribution in [0, 0.1) is 5.82 Å². The third-order valence-corrected chi connectivity index (χ3v) is 3.92. The SMILES string of the molecule is Fc1ccc(-n2nc3c(c2Cl)CSC3)cc1. The molecule has 1 aromatic carbocycles. The van der Waals surface area contributed by atoms with E-state index in [0.29, 0.717) is 5.15 Å². The Bertz CT molecular complexity index is 536. The van der Waals surface area contributed by atoms with Crippen LogP contribution in [0.1, 0.15) is 11.3 Å². The molecule has 1 aliphatic heterocycles. The van der Waals surface area contributed by atoms with Gasteiger partial charge in [0, 0.05) is 17.1 Å². The molecule has 0 unspecified atom stereocenters. The minimum Gasteiger partial charge on any atom is -0.222 e. The van der Waals surface area contributed by atoms with Gasteiger partial charge in [-0.05, 0) is 24.3 Å². The molecule has 1 aromatic heterocycles. The van der Waals surface area contributed by atoms with Crippen LogP contribution in [0.3, 0.4) is 0 Å². The molecule has 5 heteroatoms. The minimum absolute atomic E-state index is 0.255. The molecule has 0 radical (unpaired) electrons. The van der Waals surface area contributed by atoms with Crippen molar-refractivity contribution >= 4 is 23.4 Å². The summed E-state index contributed by atoms with van der Waals surface area (Å²) in [6.45, 7) is 0. The number of halogens is 2. The van der Waals surface area contributed by atoms with Crippen LogP contribution in [-0.2, 0) is 11.5 Å². The van der Waals surface area contributed by atoms with E-state index >= 15 is 0 Å². The Balaban J connectivity index is 2.10. The van der Waals surface area contributed by atoms with Gasteiger partial charge in [-0.25, -0.2) is 9.07 Å². The summed E-state index contributed by atoms with van der Waals surface area (Å²) in [5, 5.41) is 5.08. The van der Waals surface area contributed by atoms with Crippen LogP contribution < -0.4 is 0 Å². The van der Waals surface area contributed by atoms with E-state index < -0.39 is 0 Å². The number of hydrogen-bond donors (Lipinski definition) is 0. The summed E-state index contributed by atoms with van der Waals surface area (Å²) in [6, 6.07) is 6.17. The van der Waals surface area contributed by atoms with Crippen LogP contribution in [0.25, 0.3) is 5.69 Å². The number of rotatable bonds is 1. The van der Waals surface area contributed by atoms with Gasteiger partial charge < -0.3 is 0 Å². The fourth-order valence-corrected chi connectivity index (χ4v) is 3.16. The first-order valence-corrected chi connectivity index (χ1v) is 6.39. The Labute approximate surface area is 101 Å². The summed E-state index contributed by atoms with van der Waals surface area (Å²) >= 11 is 8.05. The van der Waals surface area contributed by atoms with Gasteiger partial charge in [-0.15, -0.1) is 0 Å². The third kappa shape index (κ3) is 1.53. The fraction of sp³-hybridized carbons (Fsp3) is 0.182. The standard InChI is InChI=1S/C11H8ClFN2S/c12-11-9-5-16-6-10(9)14-15(11)8-3-1-7(13)2-4-8/h1-4H,5-6H2. The lowest BCUT2D eigenvalue weighted by Gasteiger charge is -2.03. The summed E-state index contributed by atoms with van der Waals surface area (Å²) in [5.74, 6) is 1.56. The summed E-state index contributed by atoms with van der Waals surface area (Å²) in [4.78, 5) is 0. The molecule has 0 N–H and O–H groups in total. The lowest BCUT2D eigenvalue weighted by molar-refractivity contribution is 0.627. The van der Waals surface area contributed by atoms with Gasteiger partial charge in [0.15, 0.2) is 0 Å². The molecule has 2 nitrogen and oxygen atoms in total. The van der Waals surface area contributed by atoms with E-state index in [1.165, 1.54) is 12.1 Å². The maximum atomic E-state index is 12.8. The van der Waals surface area contributed by atoms with Crippen LogP contribution in [0.5, 0.6) is 0 Å². The van der Waals surface area contributed by atoms with E-state index in [1.54, 1.807) is 16.8 Å². The molecule has 0 saturated carbocycles. The second-order valence-electron chi connectivity index (χ2n) is 3.60. The van der Waals surface area contributed by atoms with Crippen LogP contribution >= 0.6 is 23.4 Å². The zero-order valence-electron chi connectivity index (χ0n) is 8.28. The van der Waals surface area contributed by atoms with E-state index in [4.69, 9.17) is 11.6 Å². The molecule has 0 atom stereocenters. The molecule has 2 heterocycles. The second kappa shape index (κ2) is 3.79. The molecular weight excluding hydrogens is 247 g/mol. The minimum atomic E-state index is -0.255. The van der Waals surface area contributed by atoms with Gasteiger partial charge in [-0.2, -0.15) is 16.9 Å². The van der Waals surface area contributed by atoms with Crippen molar-refractivity contribution in [3.8, 4) is 5.69 Å². The zero-order chi connectivity index (χ0) is 11.1. The second-order valence-corrected chi connectivity index (χ2v) is 4.94. The van der Waals surface area contributed by atoms with Gasteiger partial charge in [0.05, 0.1) is 11.4 Å². The van der Waals surface area contributed by atoms with Crippen molar-refractivity contribution in [2.75, 3.05) is 0 Å². The molecule has 16 heavy (non-hydrogen) atoms. The zero-order valence-corrected chi connectivity index (χ0v) is 9.85. The van der Waals surface area contributed by atoms with Crippen molar-refractivity contribution in [3.05, 3.63) is 46.5 Å². The highest BCUT2D eigenvalue weighted by Crippen LogP contribution is 2.35. The number of aromatic nitrogens is 2. The molecule has 2 aromatic rings. The smallest absolute Gasteiger partial charge is 0.137 e. The van der Waals surface area contributed by atoms with Crippen LogP contribution in [0.15, 0.2) is 24.3 Å². The Hall–Kier alpha value is -1.000. The Morgan fingerprint density at radius 1 is 1.25 bits per heavy atom. The largest absolute Gasteiger partial charge is 0.222 e. The van der Waals surface area contributed by atoms with Crippen LogP contribution in [0.2, 0.25) is 5.15 Å². The molecule has 3 rings (SSSR count). The van der Waals surface area contributed by atoms with E-state index in [1.807, 2.05) is 11.8 Å². The molecule has 1 aliphatic rings. The summed E-state index contributed by atoms with van der Waals surface area (Å²) < 4.78 is 14.5. The molecular formula is C11H8ClFN2S. The predicted molar refractivity (Wildman–Crippen MR) is 63.5 cm³/mol. The molecule has 82 valence electrons. The molecule has 0 amide bonds. The van der Waals surface area contributed by atoms with Gasteiger partial charge in [0.2, 0.25) is 0 Å². The van der Waals surface area contributed by atoms with Gasteiger partial charge in [-0.1, -0.05) is 11.6 Å². The monoisotopic (exact) mass is 254 g/mol.